The molecule has 0 aromatic heterocycles. The number of piperidine rings is 1. The number of hydrogen-bond acceptors (Lipinski definition) is 3. The Bertz CT molecular complexity index is 1020. The fourth-order valence-electron chi connectivity index (χ4n) is 3.72. The summed E-state index contributed by atoms with van der Waals surface area (Å²) >= 11 is 0. The molecule has 0 unspecified atom stereocenters. The van der Waals surface area contributed by atoms with E-state index in [-0.39, 0.29) is 17.9 Å². The van der Waals surface area contributed by atoms with Crippen molar-refractivity contribution in [2.45, 2.75) is 19.4 Å². The van der Waals surface area contributed by atoms with Gasteiger partial charge in [0.05, 0.1) is 5.92 Å². The van der Waals surface area contributed by atoms with Crippen LogP contribution in [0.1, 0.15) is 18.4 Å². The fraction of sp³-hybridized carbons (Fsp3) is 0.231. The summed E-state index contributed by atoms with van der Waals surface area (Å²) in [5, 5.41) is 5.86. The number of carbonyl (C=O) groups is 2. The molecule has 0 saturated carbocycles. The molecule has 0 spiro atoms. The third kappa shape index (κ3) is 5.88. The molecule has 6 heteroatoms. The van der Waals surface area contributed by atoms with Gasteiger partial charge in [-0.1, -0.05) is 48.5 Å². The lowest BCUT2D eigenvalue weighted by Crippen LogP contribution is -2.45. The van der Waals surface area contributed by atoms with E-state index >= 15 is 0 Å². The molecule has 1 heterocycles. The Kier molecular flexibility index (Phi) is 7.02. The highest BCUT2D eigenvalue weighted by molar-refractivity contribution is 5.94. The number of urea groups is 1. The Morgan fingerprint density at radius 1 is 0.844 bits per heavy atom. The van der Waals surface area contributed by atoms with E-state index in [1.165, 1.54) is 0 Å². The second kappa shape index (κ2) is 10.5. The van der Waals surface area contributed by atoms with Gasteiger partial charge in [0.1, 0.15) is 12.4 Å². The Morgan fingerprint density at radius 2 is 1.50 bits per heavy atom. The lowest BCUT2D eigenvalue weighted by molar-refractivity contribution is -0.121. The van der Waals surface area contributed by atoms with Gasteiger partial charge in [-0.25, -0.2) is 4.79 Å². The number of hydrogen-bond donors (Lipinski definition) is 2. The van der Waals surface area contributed by atoms with E-state index in [0.29, 0.717) is 25.4 Å². The molecular formula is C26H27N3O3. The number of nitrogens with one attached hydrogen (secondary N) is 2. The van der Waals surface area contributed by atoms with Crippen molar-refractivity contribution >= 4 is 23.3 Å². The summed E-state index contributed by atoms with van der Waals surface area (Å²) in [6, 6.07) is 26.5. The summed E-state index contributed by atoms with van der Waals surface area (Å²) < 4.78 is 5.79. The third-order valence-corrected chi connectivity index (χ3v) is 5.47. The maximum atomic E-state index is 12.8. The predicted molar refractivity (Wildman–Crippen MR) is 126 cm³/mol. The van der Waals surface area contributed by atoms with Crippen LogP contribution in [0, 0.1) is 5.92 Å². The van der Waals surface area contributed by atoms with Crippen molar-refractivity contribution in [2.75, 3.05) is 23.7 Å². The normalized spacial score (nSPS) is 15.6. The summed E-state index contributed by atoms with van der Waals surface area (Å²) in [4.78, 5) is 27.1. The van der Waals surface area contributed by atoms with E-state index in [1.54, 1.807) is 4.90 Å². The maximum Gasteiger partial charge on any atom is 0.321 e. The van der Waals surface area contributed by atoms with Gasteiger partial charge in [-0.3, -0.25) is 4.79 Å². The highest BCUT2D eigenvalue weighted by atomic mass is 16.5. The van der Waals surface area contributed by atoms with Crippen LogP contribution < -0.4 is 15.4 Å². The topological polar surface area (TPSA) is 70.7 Å². The molecule has 32 heavy (non-hydrogen) atoms. The number of rotatable bonds is 6. The van der Waals surface area contributed by atoms with Crippen LogP contribution in [0.25, 0.3) is 0 Å². The molecular weight excluding hydrogens is 402 g/mol. The first-order valence-corrected chi connectivity index (χ1v) is 10.9. The molecule has 3 amide bonds. The van der Waals surface area contributed by atoms with Crippen molar-refractivity contribution in [3.8, 4) is 5.75 Å². The number of benzene rings is 3. The van der Waals surface area contributed by atoms with Gasteiger partial charge in [-0.05, 0) is 54.8 Å². The summed E-state index contributed by atoms with van der Waals surface area (Å²) in [6.45, 7) is 1.55. The van der Waals surface area contributed by atoms with E-state index in [2.05, 4.69) is 10.6 Å². The number of nitrogens with zero attached hydrogens (tertiary/aromatic N) is 1. The van der Waals surface area contributed by atoms with Crippen molar-refractivity contribution in [3.63, 3.8) is 0 Å². The molecule has 1 fully saturated rings. The zero-order valence-corrected chi connectivity index (χ0v) is 17.9. The monoisotopic (exact) mass is 429 g/mol. The van der Waals surface area contributed by atoms with Gasteiger partial charge in [0.25, 0.3) is 0 Å². The Labute approximate surface area is 188 Å². The minimum absolute atomic E-state index is 0.0693. The van der Waals surface area contributed by atoms with Gasteiger partial charge in [0.15, 0.2) is 0 Å². The average Bonchev–Trinajstić information content (AvgIpc) is 2.85. The number of likely N-dealkylation sites (tertiary alicyclic amines) is 1. The van der Waals surface area contributed by atoms with Gasteiger partial charge in [-0.2, -0.15) is 0 Å². The van der Waals surface area contributed by atoms with Crippen LogP contribution in [0.3, 0.4) is 0 Å². The van der Waals surface area contributed by atoms with Crippen molar-refractivity contribution in [1.82, 2.24) is 4.90 Å². The zero-order valence-electron chi connectivity index (χ0n) is 17.9. The van der Waals surface area contributed by atoms with Crippen LogP contribution in [0.5, 0.6) is 5.75 Å². The molecule has 164 valence electrons. The van der Waals surface area contributed by atoms with Crippen molar-refractivity contribution in [2.24, 2.45) is 5.92 Å². The first-order valence-electron chi connectivity index (χ1n) is 10.9. The first-order chi connectivity index (χ1) is 15.7. The molecule has 1 atom stereocenters. The van der Waals surface area contributed by atoms with Gasteiger partial charge in [-0.15, -0.1) is 0 Å². The summed E-state index contributed by atoms with van der Waals surface area (Å²) in [5.74, 6) is 0.438. The minimum Gasteiger partial charge on any atom is -0.489 e. The molecule has 1 saturated heterocycles. The second-order valence-electron chi connectivity index (χ2n) is 7.87. The second-order valence-corrected chi connectivity index (χ2v) is 7.87. The molecule has 4 rings (SSSR count). The summed E-state index contributed by atoms with van der Waals surface area (Å²) in [5.41, 5.74) is 2.56. The maximum absolute atomic E-state index is 12.8. The molecule has 0 aliphatic carbocycles. The number of anilines is 2. The predicted octanol–water partition coefficient (Wildman–Crippen LogP) is 5.15. The van der Waals surface area contributed by atoms with Crippen LogP contribution in [-0.2, 0) is 11.4 Å². The lowest BCUT2D eigenvalue weighted by Gasteiger charge is -2.32. The van der Waals surface area contributed by atoms with E-state index in [4.69, 9.17) is 4.74 Å². The third-order valence-electron chi connectivity index (χ3n) is 5.47. The van der Waals surface area contributed by atoms with E-state index < -0.39 is 0 Å². The van der Waals surface area contributed by atoms with Crippen LogP contribution >= 0.6 is 0 Å². The minimum atomic E-state index is -0.237. The molecule has 0 radical (unpaired) electrons. The Morgan fingerprint density at radius 3 is 2.22 bits per heavy atom. The molecule has 6 nitrogen and oxygen atoms in total. The van der Waals surface area contributed by atoms with Crippen LogP contribution in [0.4, 0.5) is 16.2 Å². The Hall–Kier alpha value is -3.80. The van der Waals surface area contributed by atoms with Crippen molar-refractivity contribution in [3.05, 3.63) is 90.5 Å². The molecule has 3 aromatic rings. The largest absolute Gasteiger partial charge is 0.489 e. The molecule has 1 aliphatic rings. The zero-order chi connectivity index (χ0) is 22.2. The molecule has 3 aromatic carbocycles. The lowest BCUT2D eigenvalue weighted by atomic mass is 9.97. The smallest absolute Gasteiger partial charge is 0.321 e. The number of carbonyl (C=O) groups excluding carboxylic acids is 2. The first kappa shape index (κ1) is 21.4. The van der Waals surface area contributed by atoms with Gasteiger partial charge in [0, 0.05) is 24.5 Å². The highest BCUT2D eigenvalue weighted by Crippen LogP contribution is 2.22. The number of para-hydroxylation sites is 1. The average molecular weight is 430 g/mol. The van der Waals surface area contributed by atoms with E-state index in [1.807, 2.05) is 84.9 Å². The van der Waals surface area contributed by atoms with Crippen LogP contribution in [0.2, 0.25) is 0 Å². The van der Waals surface area contributed by atoms with E-state index in [0.717, 1.165) is 29.8 Å². The van der Waals surface area contributed by atoms with Crippen molar-refractivity contribution < 1.29 is 14.3 Å². The fourth-order valence-corrected chi connectivity index (χ4v) is 3.72. The molecule has 2 N–H and O–H groups in total. The van der Waals surface area contributed by atoms with Crippen LogP contribution in [0.15, 0.2) is 84.9 Å². The highest BCUT2D eigenvalue weighted by Gasteiger charge is 2.28. The quantitative estimate of drug-likeness (QED) is 0.569. The molecule has 1 aliphatic heterocycles. The summed E-state index contributed by atoms with van der Waals surface area (Å²) in [6.07, 6.45) is 1.56. The number of amides is 3. The van der Waals surface area contributed by atoms with E-state index in [9.17, 15) is 9.59 Å². The Balaban J connectivity index is 1.28. The van der Waals surface area contributed by atoms with Gasteiger partial charge >= 0.3 is 6.03 Å². The SMILES string of the molecule is O=C(Nc1ccc(OCc2ccccc2)cc1)[C@H]1CCCN(C(=O)Nc2ccccc2)C1. The molecule has 0 bridgehead atoms. The van der Waals surface area contributed by atoms with Gasteiger partial charge < -0.3 is 20.3 Å². The van der Waals surface area contributed by atoms with Crippen molar-refractivity contribution in [1.29, 1.82) is 0 Å². The van der Waals surface area contributed by atoms with Crippen LogP contribution in [-0.4, -0.2) is 29.9 Å². The standard InChI is InChI=1S/C26H27N3O3/c30-25(21-10-7-17-29(18-21)26(31)28-22-11-5-2-6-12-22)27-23-13-15-24(16-14-23)32-19-20-8-3-1-4-9-20/h1-6,8-9,11-16,21H,7,10,17-19H2,(H,27,30)(H,28,31)/t21-/m0/s1. The van der Waals surface area contributed by atoms with Gasteiger partial charge in [0.2, 0.25) is 5.91 Å². The number of ether oxygens (including phenoxy) is 1. The summed E-state index contributed by atoms with van der Waals surface area (Å²) in [7, 11) is 0.